The summed E-state index contributed by atoms with van der Waals surface area (Å²) in [6.07, 6.45) is 0. The van der Waals surface area contributed by atoms with E-state index in [0.29, 0.717) is 22.4 Å². The van der Waals surface area contributed by atoms with E-state index in [4.69, 9.17) is 17.3 Å². The van der Waals surface area contributed by atoms with Gasteiger partial charge in [-0.15, -0.1) is 11.6 Å². The number of nitrogens with zero attached hydrogens (tertiary/aromatic N) is 1. The summed E-state index contributed by atoms with van der Waals surface area (Å²) in [5, 5.41) is 0.418. The summed E-state index contributed by atoms with van der Waals surface area (Å²) in [5.74, 6) is 0.634. The van der Waals surface area contributed by atoms with Crippen molar-refractivity contribution in [2.45, 2.75) is 5.88 Å². The van der Waals surface area contributed by atoms with Gasteiger partial charge in [-0.05, 0) is 12.1 Å². The minimum Gasteiger partial charge on any atom is -0.398 e. The standard InChI is InChI=1S/C9H8ClN3O/c10-4-7-12-6-3-1-2-5(11)8(6)9(14)13-7/h1-3H,4,11H2,(H,12,13,14). The van der Waals surface area contributed by atoms with Crippen LogP contribution in [0.4, 0.5) is 5.69 Å². The fraction of sp³-hybridized carbons (Fsp3) is 0.111. The maximum absolute atomic E-state index is 11.5. The molecule has 0 saturated carbocycles. The molecular weight excluding hydrogens is 202 g/mol. The molecule has 0 amide bonds. The van der Waals surface area contributed by atoms with Gasteiger partial charge in [-0.3, -0.25) is 4.79 Å². The number of nitrogens with two attached hydrogens (primary N) is 1. The highest BCUT2D eigenvalue weighted by Gasteiger charge is 2.05. The van der Waals surface area contributed by atoms with Crippen LogP contribution in [0.1, 0.15) is 5.82 Å². The summed E-state index contributed by atoms with van der Waals surface area (Å²) in [4.78, 5) is 18.3. The van der Waals surface area contributed by atoms with E-state index in [0.717, 1.165) is 0 Å². The molecule has 2 rings (SSSR count). The SMILES string of the molecule is Nc1cccc2nc(CCl)[nH]c(=O)c12. The average molecular weight is 210 g/mol. The van der Waals surface area contributed by atoms with Crippen LogP contribution in [0.2, 0.25) is 0 Å². The van der Waals surface area contributed by atoms with E-state index in [1.54, 1.807) is 18.2 Å². The third-order valence-electron chi connectivity index (χ3n) is 1.94. The number of hydrogen-bond donors (Lipinski definition) is 2. The van der Waals surface area contributed by atoms with Gasteiger partial charge >= 0.3 is 0 Å². The van der Waals surface area contributed by atoms with Crippen LogP contribution in [0, 0.1) is 0 Å². The number of hydrogen-bond acceptors (Lipinski definition) is 3. The van der Waals surface area contributed by atoms with Crippen LogP contribution in [0.5, 0.6) is 0 Å². The molecule has 5 heteroatoms. The highest BCUT2D eigenvalue weighted by Crippen LogP contribution is 2.14. The van der Waals surface area contributed by atoms with E-state index in [2.05, 4.69) is 9.97 Å². The van der Waals surface area contributed by atoms with Crippen LogP contribution in [-0.2, 0) is 5.88 Å². The molecule has 1 aromatic heterocycles. The number of alkyl halides is 1. The molecular formula is C9H8ClN3O. The van der Waals surface area contributed by atoms with Gasteiger partial charge in [-0.2, -0.15) is 0 Å². The van der Waals surface area contributed by atoms with Gasteiger partial charge in [0.2, 0.25) is 0 Å². The van der Waals surface area contributed by atoms with Crippen molar-refractivity contribution in [1.29, 1.82) is 0 Å². The predicted molar refractivity (Wildman–Crippen MR) is 56.3 cm³/mol. The van der Waals surface area contributed by atoms with Gasteiger partial charge in [0.25, 0.3) is 5.56 Å². The molecule has 3 N–H and O–H groups in total. The Labute approximate surface area is 84.7 Å². The van der Waals surface area contributed by atoms with E-state index < -0.39 is 0 Å². The zero-order valence-electron chi connectivity index (χ0n) is 7.25. The molecule has 72 valence electrons. The highest BCUT2D eigenvalue weighted by atomic mass is 35.5. The van der Waals surface area contributed by atoms with Gasteiger partial charge in [0.15, 0.2) is 0 Å². The zero-order valence-corrected chi connectivity index (χ0v) is 8.01. The van der Waals surface area contributed by atoms with Crippen molar-refractivity contribution >= 4 is 28.2 Å². The molecule has 1 aromatic carbocycles. The number of benzene rings is 1. The maximum Gasteiger partial charge on any atom is 0.260 e. The van der Waals surface area contributed by atoms with E-state index in [1.165, 1.54) is 0 Å². The molecule has 0 fully saturated rings. The second-order valence-corrected chi connectivity index (χ2v) is 3.15. The van der Waals surface area contributed by atoms with E-state index in [9.17, 15) is 4.79 Å². The first-order valence-corrected chi connectivity index (χ1v) is 4.59. The summed E-state index contributed by atoms with van der Waals surface area (Å²) in [5.41, 5.74) is 6.41. The summed E-state index contributed by atoms with van der Waals surface area (Å²) in [6.45, 7) is 0. The molecule has 2 aromatic rings. The Balaban J connectivity index is 2.90. The van der Waals surface area contributed by atoms with Crippen molar-refractivity contribution in [3.8, 4) is 0 Å². The van der Waals surface area contributed by atoms with Crippen LogP contribution >= 0.6 is 11.6 Å². The number of nitrogen functional groups attached to an aromatic ring is 1. The van der Waals surface area contributed by atoms with Gasteiger partial charge in [0.1, 0.15) is 5.82 Å². The second kappa shape index (κ2) is 3.31. The smallest absolute Gasteiger partial charge is 0.260 e. The van der Waals surface area contributed by atoms with Gasteiger partial charge < -0.3 is 10.7 Å². The number of rotatable bonds is 1. The topological polar surface area (TPSA) is 71.8 Å². The quantitative estimate of drug-likeness (QED) is 0.548. The Morgan fingerprint density at radius 1 is 1.50 bits per heavy atom. The van der Waals surface area contributed by atoms with Crippen molar-refractivity contribution in [3.63, 3.8) is 0 Å². The first-order chi connectivity index (χ1) is 6.72. The van der Waals surface area contributed by atoms with E-state index >= 15 is 0 Å². The first kappa shape index (κ1) is 9.02. The van der Waals surface area contributed by atoms with Crippen LogP contribution in [0.15, 0.2) is 23.0 Å². The number of nitrogens with one attached hydrogen (secondary N) is 1. The lowest BCUT2D eigenvalue weighted by atomic mass is 10.2. The number of fused-ring (bicyclic) bond motifs is 1. The number of H-pyrrole nitrogens is 1. The van der Waals surface area contributed by atoms with Crippen LogP contribution in [0.25, 0.3) is 10.9 Å². The van der Waals surface area contributed by atoms with Crippen molar-refractivity contribution in [2.24, 2.45) is 0 Å². The Bertz CT molecular complexity index is 535. The van der Waals surface area contributed by atoms with Crippen LogP contribution in [0.3, 0.4) is 0 Å². The summed E-state index contributed by atoms with van der Waals surface area (Å²) < 4.78 is 0. The normalized spacial score (nSPS) is 10.6. The van der Waals surface area contributed by atoms with Crippen LogP contribution in [-0.4, -0.2) is 9.97 Å². The molecule has 4 nitrogen and oxygen atoms in total. The van der Waals surface area contributed by atoms with Crippen molar-refractivity contribution in [3.05, 3.63) is 34.4 Å². The Morgan fingerprint density at radius 3 is 3.00 bits per heavy atom. The Kier molecular flexibility index (Phi) is 2.13. The van der Waals surface area contributed by atoms with E-state index in [-0.39, 0.29) is 11.4 Å². The largest absolute Gasteiger partial charge is 0.398 e. The van der Waals surface area contributed by atoms with Gasteiger partial charge in [-0.25, -0.2) is 4.98 Å². The fourth-order valence-corrected chi connectivity index (χ4v) is 1.45. The molecule has 0 atom stereocenters. The Morgan fingerprint density at radius 2 is 2.29 bits per heavy atom. The number of aromatic amines is 1. The van der Waals surface area contributed by atoms with Gasteiger partial charge in [0, 0.05) is 5.69 Å². The Hall–Kier alpha value is -1.55. The van der Waals surface area contributed by atoms with Gasteiger partial charge in [0.05, 0.1) is 16.8 Å². The molecule has 0 saturated heterocycles. The third-order valence-corrected chi connectivity index (χ3v) is 2.19. The average Bonchev–Trinajstić information content (AvgIpc) is 2.17. The van der Waals surface area contributed by atoms with Crippen LogP contribution < -0.4 is 11.3 Å². The highest BCUT2D eigenvalue weighted by molar-refractivity contribution is 6.16. The lowest BCUT2D eigenvalue weighted by molar-refractivity contribution is 1.04. The molecule has 0 unspecified atom stereocenters. The number of aromatic nitrogens is 2. The maximum atomic E-state index is 11.5. The molecule has 0 aliphatic rings. The lowest BCUT2D eigenvalue weighted by Gasteiger charge is -2.01. The minimum absolute atomic E-state index is 0.181. The monoisotopic (exact) mass is 209 g/mol. The predicted octanol–water partition coefficient (Wildman–Crippen LogP) is 1.24. The molecule has 0 spiro atoms. The third kappa shape index (κ3) is 1.33. The second-order valence-electron chi connectivity index (χ2n) is 2.89. The minimum atomic E-state index is -0.247. The first-order valence-electron chi connectivity index (χ1n) is 4.05. The number of halogens is 1. The number of anilines is 1. The molecule has 0 radical (unpaired) electrons. The van der Waals surface area contributed by atoms with Crippen molar-refractivity contribution < 1.29 is 0 Å². The van der Waals surface area contributed by atoms with Crippen molar-refractivity contribution in [1.82, 2.24) is 9.97 Å². The molecule has 14 heavy (non-hydrogen) atoms. The van der Waals surface area contributed by atoms with E-state index in [1.807, 2.05) is 0 Å². The zero-order chi connectivity index (χ0) is 10.1. The molecule has 0 bridgehead atoms. The molecule has 0 aliphatic carbocycles. The summed E-state index contributed by atoms with van der Waals surface area (Å²) in [7, 11) is 0. The van der Waals surface area contributed by atoms with Gasteiger partial charge in [-0.1, -0.05) is 6.07 Å². The van der Waals surface area contributed by atoms with Crippen molar-refractivity contribution in [2.75, 3.05) is 5.73 Å². The molecule has 0 aliphatic heterocycles. The fourth-order valence-electron chi connectivity index (χ4n) is 1.33. The summed E-state index contributed by atoms with van der Waals surface area (Å²) >= 11 is 5.58. The molecule has 1 heterocycles. The lowest BCUT2D eigenvalue weighted by Crippen LogP contribution is -2.12. The summed E-state index contributed by atoms with van der Waals surface area (Å²) in [6, 6.07) is 5.15.